The first-order chi connectivity index (χ1) is 15.8. The summed E-state index contributed by atoms with van der Waals surface area (Å²) in [6, 6.07) is 2.08. The molecule has 34 heavy (non-hydrogen) atoms. The average molecular weight is 496 g/mol. The summed E-state index contributed by atoms with van der Waals surface area (Å²) in [6.07, 6.45) is 11.3. The molecule has 1 atom stereocenters. The molecule has 0 saturated carbocycles. The molecule has 1 aromatic heterocycles. The van der Waals surface area contributed by atoms with E-state index in [1.807, 2.05) is 7.05 Å². The summed E-state index contributed by atoms with van der Waals surface area (Å²) in [4.78, 5) is 15.3. The molecular weight excluding hydrogens is 461 g/mol. The van der Waals surface area contributed by atoms with Crippen LogP contribution < -0.4 is 9.03 Å². The van der Waals surface area contributed by atoms with Crippen LogP contribution in [0, 0.1) is 0 Å². The third-order valence-corrected chi connectivity index (χ3v) is 8.83. The van der Waals surface area contributed by atoms with Crippen LogP contribution in [0.4, 0.5) is 5.69 Å². The van der Waals surface area contributed by atoms with E-state index < -0.39 is 16.1 Å². The number of carbonyl (C=O) groups excluding carboxylic acids is 1. The van der Waals surface area contributed by atoms with Crippen molar-refractivity contribution in [3.05, 3.63) is 46.3 Å². The first-order valence-electron chi connectivity index (χ1n) is 12.0. The molecule has 0 spiro atoms. The molecular formula is C24H34N5NaO3S. The van der Waals surface area contributed by atoms with Crippen LogP contribution >= 0.6 is 0 Å². The second kappa shape index (κ2) is 10.3. The number of aromatic nitrogens is 2. The Labute approximate surface area is 224 Å². The predicted molar refractivity (Wildman–Crippen MR) is 135 cm³/mol. The Balaban J connectivity index is 0.00000274. The second-order valence-corrected chi connectivity index (χ2v) is 11.3. The van der Waals surface area contributed by atoms with Crippen molar-refractivity contribution < 1.29 is 13.2 Å². The quantitative estimate of drug-likeness (QED) is 0.610. The molecule has 1 aromatic carbocycles. The summed E-state index contributed by atoms with van der Waals surface area (Å²) in [5, 5.41) is 4.17. The standard InChI is InChI=1S/C24H33N5O3S.Na.H/c1-27-11-5-8-19(15-27)29(20-14-25-28(2)16-20)33(31,32)26-24(30)13-23-21-9-3-6-17(21)12-18-7-4-10-22(18)23;;/h12,14,16,19H,3-11,13,15H2,1-2H3,(H,26,30);;. The summed E-state index contributed by atoms with van der Waals surface area (Å²) < 4.78 is 32.5. The number of fused-ring (bicyclic) bond motifs is 2. The number of piperidine rings is 1. The Morgan fingerprint density at radius 2 is 1.79 bits per heavy atom. The molecule has 0 radical (unpaired) electrons. The van der Waals surface area contributed by atoms with Crippen molar-refractivity contribution in [2.24, 2.45) is 7.05 Å². The molecule has 180 valence electrons. The number of amides is 1. The Morgan fingerprint density at radius 3 is 2.38 bits per heavy atom. The van der Waals surface area contributed by atoms with Crippen molar-refractivity contribution in [2.75, 3.05) is 24.4 Å². The Kier molecular flexibility index (Phi) is 7.79. The molecule has 3 aliphatic rings. The van der Waals surface area contributed by atoms with Gasteiger partial charge < -0.3 is 4.90 Å². The van der Waals surface area contributed by atoms with Gasteiger partial charge in [0.1, 0.15) is 0 Å². The molecule has 8 nitrogen and oxygen atoms in total. The van der Waals surface area contributed by atoms with Crippen LogP contribution in [0.5, 0.6) is 0 Å². The Morgan fingerprint density at radius 1 is 1.12 bits per heavy atom. The number of nitrogens with zero attached hydrogens (tertiary/aromatic N) is 4. The van der Waals surface area contributed by atoms with Crippen LogP contribution in [-0.4, -0.2) is 84.7 Å². The molecule has 2 heterocycles. The fourth-order valence-corrected chi connectivity index (χ4v) is 7.33. The van der Waals surface area contributed by atoms with E-state index in [9.17, 15) is 13.2 Å². The summed E-state index contributed by atoms with van der Waals surface area (Å²) in [7, 11) is -0.323. The molecule has 2 aliphatic carbocycles. The van der Waals surface area contributed by atoms with E-state index in [1.165, 1.54) is 26.6 Å². The van der Waals surface area contributed by atoms with Crippen molar-refractivity contribution in [3.8, 4) is 0 Å². The van der Waals surface area contributed by atoms with Gasteiger partial charge >= 0.3 is 39.8 Å². The number of likely N-dealkylation sites (tertiary alicyclic amines) is 1. The number of rotatable bonds is 6. The van der Waals surface area contributed by atoms with Crippen molar-refractivity contribution in [2.45, 2.75) is 63.8 Å². The number of anilines is 1. The van der Waals surface area contributed by atoms with Gasteiger partial charge in [0.15, 0.2) is 0 Å². The summed E-state index contributed by atoms with van der Waals surface area (Å²) in [6.45, 7) is 1.55. The van der Waals surface area contributed by atoms with Crippen LogP contribution in [0.15, 0.2) is 18.5 Å². The van der Waals surface area contributed by atoms with Gasteiger partial charge in [0.2, 0.25) is 5.91 Å². The van der Waals surface area contributed by atoms with Crippen molar-refractivity contribution in [1.82, 2.24) is 19.4 Å². The van der Waals surface area contributed by atoms with Gasteiger partial charge in [0.05, 0.1) is 24.3 Å². The van der Waals surface area contributed by atoms with E-state index >= 15 is 0 Å². The van der Waals surface area contributed by atoms with Crippen molar-refractivity contribution in [1.29, 1.82) is 0 Å². The zero-order chi connectivity index (χ0) is 23.2. The summed E-state index contributed by atoms with van der Waals surface area (Å²) in [5.41, 5.74) is 6.82. The molecule has 10 heteroatoms. The number of carbonyl (C=O) groups is 1. The molecule has 5 rings (SSSR count). The van der Waals surface area contributed by atoms with Gasteiger partial charge in [-0.1, -0.05) is 6.07 Å². The minimum absolute atomic E-state index is 0. The second-order valence-electron chi connectivity index (χ2n) is 9.77. The third-order valence-electron chi connectivity index (χ3n) is 7.31. The van der Waals surface area contributed by atoms with Crippen LogP contribution in [0.2, 0.25) is 0 Å². The number of nitrogens with one attached hydrogen (secondary N) is 1. The molecule has 2 aromatic rings. The zero-order valence-corrected chi connectivity index (χ0v) is 20.3. The van der Waals surface area contributed by atoms with Crippen LogP contribution in [0.25, 0.3) is 0 Å². The van der Waals surface area contributed by atoms with Gasteiger partial charge in [0.25, 0.3) is 0 Å². The predicted octanol–water partition coefficient (Wildman–Crippen LogP) is 1.25. The zero-order valence-electron chi connectivity index (χ0n) is 19.5. The van der Waals surface area contributed by atoms with E-state index in [0.29, 0.717) is 12.2 Å². The Hall–Kier alpha value is -1.39. The number of likely N-dealkylation sites (N-methyl/N-ethyl adjacent to an activating group) is 1. The van der Waals surface area contributed by atoms with Gasteiger partial charge in [0, 0.05) is 19.8 Å². The fourth-order valence-electron chi connectivity index (χ4n) is 5.94. The molecule has 1 unspecified atom stereocenters. The van der Waals surface area contributed by atoms with Gasteiger partial charge in [-0.3, -0.25) is 9.48 Å². The van der Waals surface area contributed by atoms with Gasteiger partial charge in [-0.05, 0) is 92.8 Å². The van der Waals surface area contributed by atoms with E-state index in [0.717, 1.165) is 63.5 Å². The first kappa shape index (κ1) is 25.7. The number of hydrogen-bond donors (Lipinski definition) is 1. The maximum absolute atomic E-state index is 13.6. The van der Waals surface area contributed by atoms with Gasteiger partial charge in [-0.25, -0.2) is 9.03 Å². The van der Waals surface area contributed by atoms with Crippen molar-refractivity contribution >= 4 is 51.4 Å². The van der Waals surface area contributed by atoms with Crippen molar-refractivity contribution in [3.63, 3.8) is 0 Å². The molecule has 1 N–H and O–H groups in total. The summed E-state index contributed by atoms with van der Waals surface area (Å²) in [5.74, 6) is -0.456. The van der Waals surface area contributed by atoms with E-state index in [2.05, 4.69) is 20.8 Å². The molecule has 1 fully saturated rings. The topological polar surface area (TPSA) is 87.5 Å². The van der Waals surface area contributed by atoms with E-state index in [4.69, 9.17) is 0 Å². The molecule has 1 amide bonds. The molecule has 1 saturated heterocycles. The van der Waals surface area contributed by atoms with Crippen LogP contribution in [0.3, 0.4) is 0 Å². The van der Waals surface area contributed by atoms with Gasteiger partial charge in [-0.2, -0.15) is 13.5 Å². The Bertz CT molecular complexity index is 1150. The fraction of sp³-hybridized carbons (Fsp3) is 0.583. The normalized spacial score (nSPS) is 19.9. The van der Waals surface area contributed by atoms with Crippen LogP contribution in [-0.2, 0) is 54.2 Å². The number of benzene rings is 1. The summed E-state index contributed by atoms with van der Waals surface area (Å²) >= 11 is 0. The molecule has 1 aliphatic heterocycles. The number of hydrogen-bond acceptors (Lipinski definition) is 5. The molecule has 0 bridgehead atoms. The van der Waals surface area contributed by atoms with Crippen LogP contribution in [0.1, 0.15) is 53.5 Å². The van der Waals surface area contributed by atoms with E-state index in [-0.39, 0.29) is 42.0 Å². The first-order valence-corrected chi connectivity index (χ1v) is 13.4. The third kappa shape index (κ3) is 5.09. The van der Waals surface area contributed by atoms with Gasteiger partial charge in [-0.15, -0.1) is 0 Å². The van der Waals surface area contributed by atoms with E-state index in [1.54, 1.807) is 24.1 Å². The number of aryl methyl sites for hydroxylation is 3. The maximum atomic E-state index is 13.6. The monoisotopic (exact) mass is 495 g/mol. The minimum atomic E-state index is -4.08. The average Bonchev–Trinajstić information content (AvgIpc) is 3.48. The SMILES string of the molecule is CN1CCCC(N(c2cnn(C)c2)S(=O)(=O)NC(=O)Cc2c3c(cc4c2CCC4)CCC3)C1.[NaH].